The van der Waals surface area contributed by atoms with Gasteiger partial charge < -0.3 is 20.1 Å². The number of ether oxygens (including phenoxy) is 1. The zero-order valence-corrected chi connectivity index (χ0v) is 20.8. The maximum Gasteiger partial charge on any atom is 0.378 e. The minimum absolute atomic E-state index is 0.0445. The smallest absolute Gasteiger partial charge is 0.378 e. The van der Waals surface area contributed by atoms with Gasteiger partial charge in [0.1, 0.15) is 0 Å². The van der Waals surface area contributed by atoms with E-state index in [9.17, 15) is 10.1 Å². The predicted molar refractivity (Wildman–Crippen MR) is 127 cm³/mol. The van der Waals surface area contributed by atoms with Crippen molar-refractivity contribution in [2.24, 2.45) is 46.3 Å². The fourth-order valence-corrected chi connectivity index (χ4v) is 9.25. The summed E-state index contributed by atoms with van der Waals surface area (Å²) in [5.74, 6) is 4.89. The highest BCUT2D eigenvalue weighted by Crippen LogP contribution is 2.68. The molecule has 0 amide bonds. The molecule has 4 aliphatic rings. The maximum absolute atomic E-state index is 10.3. The molecule has 0 aromatic rings. The highest BCUT2D eigenvalue weighted by molar-refractivity contribution is 6.47. The summed E-state index contributed by atoms with van der Waals surface area (Å²) in [6, 6.07) is 0. The van der Waals surface area contributed by atoms with Crippen LogP contribution in [0.15, 0.2) is 0 Å². The monoisotopic (exact) mass is 433 g/mol. The van der Waals surface area contributed by atoms with Crippen LogP contribution in [0.25, 0.3) is 0 Å². The molecule has 4 aliphatic carbocycles. The second-order valence-corrected chi connectivity index (χ2v) is 12.4. The van der Waals surface area contributed by atoms with E-state index in [1.165, 1.54) is 44.9 Å². The van der Waals surface area contributed by atoms with E-state index >= 15 is 0 Å². The number of hydrogen-bond acceptors (Lipinski definition) is 4. The van der Waals surface area contributed by atoms with Crippen molar-refractivity contribution in [3.05, 3.63) is 0 Å². The molecule has 0 aliphatic heterocycles. The van der Waals surface area contributed by atoms with Crippen LogP contribution in [0.2, 0.25) is 6.32 Å². The Morgan fingerprint density at radius 3 is 2.45 bits per heavy atom. The Bertz CT molecular complexity index is 619. The second-order valence-electron chi connectivity index (χ2n) is 12.4. The first kappa shape index (κ1) is 24.0. The Kier molecular flexibility index (Phi) is 7.19. The van der Waals surface area contributed by atoms with Gasteiger partial charge in [0.15, 0.2) is 0 Å². The van der Waals surface area contributed by atoms with Gasteiger partial charge in [-0.2, -0.15) is 0 Å². The Morgan fingerprint density at radius 1 is 1.00 bits per heavy atom. The van der Waals surface area contributed by atoms with Crippen LogP contribution in [0.5, 0.6) is 0 Å². The van der Waals surface area contributed by atoms with Crippen LogP contribution in [0.3, 0.4) is 0 Å². The molecule has 0 heterocycles. The van der Waals surface area contributed by atoms with Crippen molar-refractivity contribution in [2.75, 3.05) is 7.11 Å². The molecule has 4 saturated carbocycles. The molecule has 31 heavy (non-hydrogen) atoms. The molecular formula is C26H48BNO3. The molecule has 4 nitrogen and oxygen atoms in total. The molecule has 4 rings (SSSR count). The quantitative estimate of drug-likeness (QED) is 0.386. The molecular weight excluding hydrogens is 385 g/mol. The fourth-order valence-electron chi connectivity index (χ4n) is 9.25. The van der Waals surface area contributed by atoms with Crippen LogP contribution in [0, 0.1) is 46.3 Å². The van der Waals surface area contributed by atoms with Gasteiger partial charge in [0, 0.05) is 7.11 Å². The van der Waals surface area contributed by atoms with Crippen molar-refractivity contribution < 1.29 is 14.9 Å². The van der Waals surface area contributed by atoms with Gasteiger partial charge in [0.05, 0.1) is 12.3 Å². The first-order valence-corrected chi connectivity index (χ1v) is 13.3. The van der Waals surface area contributed by atoms with E-state index in [0.717, 1.165) is 55.2 Å². The van der Waals surface area contributed by atoms with Crippen molar-refractivity contribution in [1.82, 2.24) is 5.23 Å². The lowest BCUT2D eigenvalue weighted by Gasteiger charge is -2.61. The average molecular weight is 433 g/mol. The second kappa shape index (κ2) is 9.27. The van der Waals surface area contributed by atoms with E-state index in [0.29, 0.717) is 16.7 Å². The SMILES string of the molecule is COC(C)NB(O)CCC(C)C1CCC2C3CCC4CC(O)CCC4(C)C3CCC12C. The normalized spacial score (nSPS) is 46.5. The van der Waals surface area contributed by atoms with Gasteiger partial charge in [-0.15, -0.1) is 0 Å². The molecule has 4 fully saturated rings. The van der Waals surface area contributed by atoms with Crippen molar-refractivity contribution in [1.29, 1.82) is 0 Å². The van der Waals surface area contributed by atoms with Gasteiger partial charge >= 0.3 is 7.05 Å². The molecule has 178 valence electrons. The molecule has 0 bridgehead atoms. The first-order valence-electron chi connectivity index (χ1n) is 13.3. The molecule has 0 aromatic heterocycles. The highest BCUT2D eigenvalue weighted by atomic mass is 16.5. The molecule has 10 atom stereocenters. The summed E-state index contributed by atoms with van der Waals surface area (Å²) in [6.45, 7) is 9.60. The minimum atomic E-state index is -0.477. The largest absolute Gasteiger partial charge is 0.437 e. The molecule has 10 unspecified atom stereocenters. The van der Waals surface area contributed by atoms with Gasteiger partial charge in [-0.05, 0) is 117 Å². The number of aliphatic hydroxyl groups excluding tert-OH is 1. The highest BCUT2D eigenvalue weighted by Gasteiger charge is 2.60. The van der Waals surface area contributed by atoms with Crippen molar-refractivity contribution in [3.63, 3.8) is 0 Å². The average Bonchev–Trinajstić information content (AvgIpc) is 3.09. The summed E-state index contributed by atoms with van der Waals surface area (Å²) in [7, 11) is 1.20. The predicted octanol–water partition coefficient (Wildman–Crippen LogP) is 5.09. The number of fused-ring (bicyclic) bond motifs is 5. The number of hydrogen-bond donors (Lipinski definition) is 3. The third-order valence-electron chi connectivity index (χ3n) is 11.1. The van der Waals surface area contributed by atoms with E-state index in [1.807, 2.05) is 6.92 Å². The molecule has 0 aromatic carbocycles. The Hall–Kier alpha value is -0.0951. The Morgan fingerprint density at radius 2 is 1.71 bits per heavy atom. The molecule has 0 radical (unpaired) electrons. The summed E-state index contributed by atoms with van der Waals surface area (Å²) < 4.78 is 5.23. The van der Waals surface area contributed by atoms with Crippen LogP contribution < -0.4 is 5.23 Å². The van der Waals surface area contributed by atoms with E-state index in [2.05, 4.69) is 26.0 Å². The first-order chi connectivity index (χ1) is 14.7. The van der Waals surface area contributed by atoms with Crippen molar-refractivity contribution >= 4 is 7.05 Å². The summed E-state index contributed by atoms with van der Waals surface area (Å²) in [5.41, 5.74) is 0.956. The van der Waals surface area contributed by atoms with Gasteiger partial charge in [0.25, 0.3) is 0 Å². The molecule has 3 N–H and O–H groups in total. The number of methoxy groups -OCH3 is 1. The standard InChI is InChI=1S/C26H48BNO3/c1-17(12-15-27(30)28-18(2)31-5)22-8-9-23-21-7-6-19-16-20(29)10-13-25(19,3)24(21)11-14-26(22,23)4/h17-24,28-30H,6-16H2,1-5H3. The number of nitrogens with one attached hydrogen (secondary N) is 1. The van der Waals surface area contributed by atoms with E-state index in [1.54, 1.807) is 7.11 Å². The van der Waals surface area contributed by atoms with Gasteiger partial charge in [-0.25, -0.2) is 0 Å². The van der Waals surface area contributed by atoms with Gasteiger partial charge in [-0.3, -0.25) is 0 Å². The lowest BCUT2D eigenvalue weighted by atomic mass is 9.44. The van der Waals surface area contributed by atoms with E-state index in [4.69, 9.17) is 4.74 Å². The maximum atomic E-state index is 10.3. The third kappa shape index (κ3) is 4.38. The Labute approximate surface area is 191 Å². The number of rotatable bonds is 7. The fraction of sp³-hybridized carbons (Fsp3) is 1.00. The van der Waals surface area contributed by atoms with Crippen LogP contribution in [-0.4, -0.2) is 36.6 Å². The van der Waals surface area contributed by atoms with Crippen LogP contribution in [0.4, 0.5) is 0 Å². The lowest BCUT2D eigenvalue weighted by molar-refractivity contribution is -0.129. The summed E-state index contributed by atoms with van der Waals surface area (Å²) in [5, 5.41) is 23.7. The number of aliphatic hydroxyl groups is 1. The van der Waals surface area contributed by atoms with Crippen LogP contribution in [0.1, 0.15) is 91.9 Å². The third-order valence-corrected chi connectivity index (χ3v) is 11.1. The lowest BCUT2D eigenvalue weighted by Crippen LogP contribution is -2.54. The van der Waals surface area contributed by atoms with Crippen LogP contribution >= 0.6 is 0 Å². The summed E-state index contributed by atoms with van der Waals surface area (Å²) in [4.78, 5) is 0. The zero-order valence-electron chi connectivity index (χ0n) is 20.8. The molecule has 0 spiro atoms. The van der Waals surface area contributed by atoms with Gasteiger partial charge in [0.2, 0.25) is 0 Å². The summed E-state index contributed by atoms with van der Waals surface area (Å²) >= 11 is 0. The summed E-state index contributed by atoms with van der Waals surface area (Å²) in [6.07, 6.45) is 13.4. The van der Waals surface area contributed by atoms with Crippen LogP contribution in [-0.2, 0) is 4.74 Å². The zero-order chi connectivity index (χ0) is 22.4. The van der Waals surface area contributed by atoms with E-state index in [-0.39, 0.29) is 12.3 Å². The minimum Gasteiger partial charge on any atom is -0.437 e. The van der Waals surface area contributed by atoms with Crippen molar-refractivity contribution in [2.45, 2.75) is 111 Å². The molecule has 5 heteroatoms. The Balaban J connectivity index is 1.40. The van der Waals surface area contributed by atoms with Gasteiger partial charge in [-0.1, -0.05) is 27.2 Å². The molecule has 0 saturated heterocycles. The van der Waals surface area contributed by atoms with E-state index < -0.39 is 7.05 Å². The topological polar surface area (TPSA) is 61.7 Å². The van der Waals surface area contributed by atoms with Crippen molar-refractivity contribution in [3.8, 4) is 0 Å².